The topological polar surface area (TPSA) is 113 Å². The lowest BCUT2D eigenvalue weighted by Crippen LogP contribution is -2.24. The zero-order chi connectivity index (χ0) is 16.1. The van der Waals surface area contributed by atoms with Crippen molar-refractivity contribution >= 4 is 10.4 Å². The summed E-state index contributed by atoms with van der Waals surface area (Å²) in [5.41, 5.74) is 2.68. The van der Waals surface area contributed by atoms with Crippen LogP contribution in [0.5, 0.6) is 0 Å². The van der Waals surface area contributed by atoms with Crippen LogP contribution in [0.4, 0.5) is 0 Å². The molecule has 0 saturated carbocycles. The van der Waals surface area contributed by atoms with Crippen LogP contribution in [0, 0.1) is 0 Å². The van der Waals surface area contributed by atoms with Crippen molar-refractivity contribution in [3.05, 3.63) is 35.8 Å². The van der Waals surface area contributed by atoms with E-state index in [0.29, 0.717) is 18.5 Å². The predicted octanol–water partition coefficient (Wildman–Crippen LogP) is 0.0396. The summed E-state index contributed by atoms with van der Waals surface area (Å²) in [7, 11) is -4.67. The van der Waals surface area contributed by atoms with Crippen LogP contribution >= 0.6 is 0 Å². The van der Waals surface area contributed by atoms with E-state index in [-0.39, 0.29) is 30.2 Å². The Hall–Kier alpha value is -0.990. The highest BCUT2D eigenvalue weighted by Crippen LogP contribution is 1.97. The monoisotopic (exact) mass is 239 g/mol. The van der Waals surface area contributed by atoms with Crippen LogP contribution in [0.3, 0.4) is 0 Å². The van der Waals surface area contributed by atoms with Crippen LogP contribution in [0.15, 0.2) is 30.2 Å². The highest BCUT2D eigenvalue weighted by molar-refractivity contribution is 7.79. The van der Waals surface area contributed by atoms with Gasteiger partial charge in [0.15, 0.2) is 0 Å². The van der Waals surface area contributed by atoms with Gasteiger partial charge < -0.3 is 0 Å². The first-order valence-electron chi connectivity index (χ1n) is 6.19. The Morgan fingerprint density at radius 3 is 2.20 bits per heavy atom. The molecule has 0 atom stereocenters. The third kappa shape index (κ3) is 13.0. The number of hydrazine groups is 1. The second kappa shape index (κ2) is 7.32. The molecule has 0 saturated heterocycles. The lowest BCUT2D eigenvalue weighted by molar-refractivity contribution is 0.381. The summed E-state index contributed by atoms with van der Waals surface area (Å²) in [6.45, 7) is 0.369. The number of hydrogen-bond acceptors (Lipinski definition) is 4. The molecule has 1 rings (SSSR count). The molecule has 6 nitrogen and oxygen atoms in total. The van der Waals surface area contributed by atoms with Gasteiger partial charge in [-0.05, 0) is 12.0 Å². The summed E-state index contributed by atoms with van der Waals surface area (Å²) >= 11 is 0. The van der Waals surface area contributed by atoms with Gasteiger partial charge in [-0.25, -0.2) is 0 Å². The minimum absolute atomic E-state index is 0.156. The first-order valence-corrected chi connectivity index (χ1v) is 5.09. The lowest BCUT2D eigenvalue weighted by atomic mass is 10.2. The Labute approximate surface area is 95.7 Å². The van der Waals surface area contributed by atoms with Gasteiger partial charge in [-0.1, -0.05) is 30.2 Å². The fourth-order valence-corrected chi connectivity index (χ4v) is 0.598. The summed E-state index contributed by atoms with van der Waals surface area (Å²) in [5, 5.41) is 0. The molecule has 0 bridgehead atoms. The summed E-state index contributed by atoms with van der Waals surface area (Å²) in [6, 6.07) is -1.28. The maximum Gasteiger partial charge on any atom is 0.394 e. The molecule has 5 N–H and O–H groups in total. The van der Waals surface area contributed by atoms with E-state index in [1.165, 1.54) is 0 Å². The molecule has 86 valence electrons. The molecule has 0 aliphatic rings. The van der Waals surface area contributed by atoms with Crippen molar-refractivity contribution in [2.75, 3.05) is 6.54 Å². The predicted molar refractivity (Wildman–Crippen MR) is 56.5 cm³/mol. The fraction of sp³-hybridized carbons (Fsp3) is 0.250. The second-order valence-electron chi connectivity index (χ2n) is 2.26. The van der Waals surface area contributed by atoms with Crippen molar-refractivity contribution < 1.29 is 24.4 Å². The van der Waals surface area contributed by atoms with Crippen molar-refractivity contribution in [1.82, 2.24) is 5.43 Å². The third-order valence-electron chi connectivity index (χ3n) is 1.07. The summed E-state index contributed by atoms with van der Waals surface area (Å²) in [5.74, 6) is 5.08. The highest BCUT2D eigenvalue weighted by atomic mass is 32.3. The van der Waals surface area contributed by atoms with Gasteiger partial charge in [0.05, 0.1) is 6.85 Å². The van der Waals surface area contributed by atoms with Gasteiger partial charge in [-0.2, -0.15) is 8.42 Å². The van der Waals surface area contributed by atoms with Gasteiger partial charge in [0.2, 0.25) is 0 Å². The van der Waals surface area contributed by atoms with Gasteiger partial charge in [0.1, 0.15) is 0 Å². The Balaban J connectivity index is 0.000000621. The molecular formula is C8H14N2O4S. The van der Waals surface area contributed by atoms with E-state index in [0.717, 1.165) is 0 Å². The summed E-state index contributed by atoms with van der Waals surface area (Å²) < 4.78 is 68.9. The van der Waals surface area contributed by atoms with E-state index in [2.05, 4.69) is 5.43 Å². The van der Waals surface area contributed by atoms with E-state index in [4.69, 9.17) is 30.2 Å². The first-order chi connectivity index (χ1) is 9.00. The molecule has 1 aromatic carbocycles. The van der Waals surface area contributed by atoms with Crippen LogP contribution in [0.2, 0.25) is 0 Å². The molecule has 0 aromatic heterocycles. The molecular weight excluding hydrogens is 220 g/mol. The van der Waals surface area contributed by atoms with Crippen molar-refractivity contribution in [2.24, 2.45) is 5.84 Å². The molecule has 0 unspecified atom stereocenters. The summed E-state index contributed by atoms with van der Waals surface area (Å²) in [6.07, 6.45) is 0.312. The van der Waals surface area contributed by atoms with Gasteiger partial charge in [0, 0.05) is 6.54 Å². The largest absolute Gasteiger partial charge is 0.394 e. The standard InChI is InChI=1S/C8H12N2.H2O4S/c9-10-7-6-8-4-2-1-3-5-8;1-5(2,3)4/h1-5,10H,6-7,9H2;(H2,1,2,3,4)/i1D,2D,3D,4D,5D;. The number of rotatable bonds is 3. The van der Waals surface area contributed by atoms with Crippen LogP contribution in [0.1, 0.15) is 12.4 Å². The number of nitrogens with one attached hydrogen (secondary N) is 1. The van der Waals surface area contributed by atoms with Gasteiger partial charge in [0.25, 0.3) is 0 Å². The highest BCUT2D eigenvalue weighted by Gasteiger charge is 1.87. The van der Waals surface area contributed by atoms with Crippen LogP contribution < -0.4 is 11.3 Å². The third-order valence-corrected chi connectivity index (χ3v) is 1.07. The molecule has 15 heavy (non-hydrogen) atoms. The molecule has 0 aliphatic carbocycles. The maximum absolute atomic E-state index is 8.74. The average molecular weight is 239 g/mol. The maximum atomic E-state index is 8.74. The molecule has 0 radical (unpaired) electrons. The fourth-order valence-electron chi connectivity index (χ4n) is 0.598. The number of hydrogen-bond donors (Lipinski definition) is 4. The minimum atomic E-state index is -4.67. The van der Waals surface area contributed by atoms with Gasteiger partial charge in [-0.3, -0.25) is 20.4 Å². The Kier molecular flexibility index (Phi) is 3.57. The quantitative estimate of drug-likeness (QED) is 0.336. The lowest BCUT2D eigenvalue weighted by Gasteiger charge is -1.97. The van der Waals surface area contributed by atoms with Crippen molar-refractivity contribution in [2.45, 2.75) is 6.42 Å². The van der Waals surface area contributed by atoms with E-state index in [1.54, 1.807) is 0 Å². The first kappa shape index (κ1) is 7.31. The SMILES string of the molecule is O=S(=O)(O)O.[2H]c1c([2H])c([2H])c(CCNN)c([2H])c1[2H]. The molecule has 0 heterocycles. The zero-order valence-corrected chi connectivity index (χ0v) is 8.43. The van der Waals surface area contributed by atoms with Crippen LogP contribution in [-0.2, 0) is 16.8 Å². The van der Waals surface area contributed by atoms with Crippen LogP contribution in [0.25, 0.3) is 0 Å². The minimum Gasteiger partial charge on any atom is -0.271 e. The van der Waals surface area contributed by atoms with E-state index in [9.17, 15) is 0 Å². The van der Waals surface area contributed by atoms with E-state index in [1.807, 2.05) is 0 Å². The Bertz CT molecular complexity index is 544. The van der Waals surface area contributed by atoms with Crippen molar-refractivity contribution in [3.63, 3.8) is 0 Å². The Morgan fingerprint density at radius 1 is 1.33 bits per heavy atom. The molecule has 0 amide bonds. The number of benzene rings is 1. The van der Waals surface area contributed by atoms with Gasteiger partial charge >= 0.3 is 10.4 Å². The van der Waals surface area contributed by atoms with Crippen molar-refractivity contribution in [3.8, 4) is 0 Å². The Morgan fingerprint density at radius 2 is 1.80 bits per heavy atom. The molecule has 7 heteroatoms. The molecule has 0 fully saturated rings. The molecule has 1 aromatic rings. The molecule has 0 aliphatic heterocycles. The smallest absolute Gasteiger partial charge is 0.271 e. The molecule has 0 spiro atoms. The average Bonchev–Trinajstić information content (AvgIpc) is 2.32. The van der Waals surface area contributed by atoms with E-state index < -0.39 is 10.4 Å². The zero-order valence-electron chi connectivity index (χ0n) is 12.6. The van der Waals surface area contributed by atoms with Crippen LogP contribution in [-0.4, -0.2) is 24.1 Å². The number of nitrogens with two attached hydrogens (primary N) is 1. The summed E-state index contributed by atoms with van der Waals surface area (Å²) in [4.78, 5) is 0. The normalized spacial score (nSPS) is 15.0. The second-order valence-corrected chi connectivity index (χ2v) is 3.15. The van der Waals surface area contributed by atoms with Crippen molar-refractivity contribution in [1.29, 1.82) is 0 Å². The van der Waals surface area contributed by atoms with Gasteiger partial charge in [-0.15, -0.1) is 0 Å². The van der Waals surface area contributed by atoms with E-state index >= 15 is 0 Å².